The molecule has 2 heterocycles. The molecular formula is C18H27FN2O3. The van der Waals surface area contributed by atoms with E-state index in [-0.39, 0.29) is 17.3 Å². The van der Waals surface area contributed by atoms with Crippen molar-refractivity contribution in [1.29, 1.82) is 0 Å². The highest BCUT2D eigenvalue weighted by Crippen LogP contribution is 2.30. The molecule has 0 aromatic carbocycles. The van der Waals surface area contributed by atoms with Gasteiger partial charge in [0.2, 0.25) is 5.95 Å². The van der Waals surface area contributed by atoms with Crippen LogP contribution in [-0.4, -0.2) is 35.4 Å². The topological polar surface area (TPSA) is 51.7 Å². The number of pyridine rings is 1. The third-order valence-corrected chi connectivity index (χ3v) is 3.83. The summed E-state index contributed by atoms with van der Waals surface area (Å²) in [6, 6.07) is 4.43. The van der Waals surface area contributed by atoms with Gasteiger partial charge in [-0.2, -0.15) is 4.39 Å². The summed E-state index contributed by atoms with van der Waals surface area (Å²) in [5, 5.41) is 0. The van der Waals surface area contributed by atoms with Gasteiger partial charge >= 0.3 is 6.09 Å². The van der Waals surface area contributed by atoms with Crippen molar-refractivity contribution in [3.63, 3.8) is 0 Å². The second-order valence-corrected chi connectivity index (χ2v) is 7.88. The van der Waals surface area contributed by atoms with Crippen LogP contribution in [0.15, 0.2) is 18.2 Å². The van der Waals surface area contributed by atoms with E-state index in [0.29, 0.717) is 13.2 Å². The summed E-state index contributed by atoms with van der Waals surface area (Å²) in [6.07, 6.45) is 1.16. The fourth-order valence-electron chi connectivity index (χ4n) is 2.90. The summed E-state index contributed by atoms with van der Waals surface area (Å²) in [5.41, 5.74) is -0.852. The Morgan fingerprint density at radius 2 is 2.17 bits per heavy atom. The lowest BCUT2D eigenvalue weighted by molar-refractivity contribution is -0.0710. The predicted molar refractivity (Wildman–Crippen MR) is 90.5 cm³/mol. The molecular weight excluding hydrogens is 311 g/mol. The number of halogens is 1. The van der Waals surface area contributed by atoms with Crippen LogP contribution in [0.5, 0.6) is 0 Å². The molecule has 0 spiro atoms. The van der Waals surface area contributed by atoms with Gasteiger partial charge in [-0.1, -0.05) is 6.07 Å². The molecule has 0 bridgehead atoms. The minimum atomic E-state index is -0.627. The van der Waals surface area contributed by atoms with Crippen LogP contribution in [0.3, 0.4) is 0 Å². The van der Waals surface area contributed by atoms with Crippen molar-refractivity contribution < 1.29 is 18.7 Å². The lowest BCUT2D eigenvalue weighted by Gasteiger charge is -2.37. The first kappa shape index (κ1) is 18.6. The van der Waals surface area contributed by atoms with Crippen molar-refractivity contribution in [1.82, 2.24) is 4.98 Å². The number of ether oxygens (including phenoxy) is 2. The first-order chi connectivity index (χ1) is 11.1. The van der Waals surface area contributed by atoms with Crippen LogP contribution in [-0.2, 0) is 9.47 Å². The molecule has 1 aromatic rings. The molecule has 0 N–H and O–H groups in total. The molecule has 1 aliphatic rings. The average Bonchev–Trinajstić information content (AvgIpc) is 2.41. The maximum Gasteiger partial charge on any atom is 0.416 e. The number of anilines is 1. The van der Waals surface area contributed by atoms with Crippen molar-refractivity contribution in [2.24, 2.45) is 5.92 Å². The molecule has 6 heteroatoms. The molecule has 134 valence electrons. The Morgan fingerprint density at radius 1 is 1.46 bits per heavy atom. The van der Waals surface area contributed by atoms with E-state index in [9.17, 15) is 9.18 Å². The van der Waals surface area contributed by atoms with Gasteiger partial charge in [0.15, 0.2) is 0 Å². The SMILES string of the molecule is CC(C)(C)OC(=O)N(CC1CCOC(C)(C)C1)c1cccc(F)n1. The Morgan fingerprint density at radius 3 is 2.75 bits per heavy atom. The quantitative estimate of drug-likeness (QED) is 0.776. The molecule has 24 heavy (non-hydrogen) atoms. The highest BCUT2D eigenvalue weighted by molar-refractivity contribution is 5.86. The first-order valence-electron chi connectivity index (χ1n) is 8.33. The summed E-state index contributed by atoms with van der Waals surface area (Å²) in [4.78, 5) is 17.9. The zero-order valence-electron chi connectivity index (χ0n) is 15.1. The van der Waals surface area contributed by atoms with Gasteiger partial charge in [-0.05, 0) is 65.5 Å². The third kappa shape index (κ3) is 5.44. The van der Waals surface area contributed by atoms with Gasteiger partial charge in [0.25, 0.3) is 0 Å². The van der Waals surface area contributed by atoms with Gasteiger partial charge in [0.05, 0.1) is 5.60 Å². The second kappa shape index (κ2) is 7.05. The maximum absolute atomic E-state index is 13.5. The monoisotopic (exact) mass is 338 g/mol. The number of carbonyl (C=O) groups is 1. The van der Waals surface area contributed by atoms with Crippen LogP contribution < -0.4 is 4.90 Å². The molecule has 0 aliphatic carbocycles. The molecule has 0 saturated carbocycles. The largest absolute Gasteiger partial charge is 0.443 e. The number of nitrogens with zero attached hydrogens (tertiary/aromatic N) is 2. The van der Waals surface area contributed by atoms with Crippen molar-refractivity contribution >= 4 is 11.9 Å². The average molecular weight is 338 g/mol. The van der Waals surface area contributed by atoms with Crippen LogP contribution in [0.4, 0.5) is 15.0 Å². The van der Waals surface area contributed by atoms with E-state index in [0.717, 1.165) is 12.8 Å². The first-order valence-corrected chi connectivity index (χ1v) is 8.33. The number of hydrogen-bond acceptors (Lipinski definition) is 4. The molecule has 5 nitrogen and oxygen atoms in total. The van der Waals surface area contributed by atoms with E-state index >= 15 is 0 Å². The Labute approximate surface area is 143 Å². The highest BCUT2D eigenvalue weighted by Gasteiger charge is 2.33. The summed E-state index contributed by atoms with van der Waals surface area (Å²) in [5.74, 6) is -0.103. The van der Waals surface area contributed by atoms with Gasteiger partial charge in [0.1, 0.15) is 11.4 Å². The van der Waals surface area contributed by atoms with Crippen LogP contribution in [0, 0.1) is 11.9 Å². The molecule has 1 atom stereocenters. The maximum atomic E-state index is 13.5. The Bertz CT molecular complexity index is 584. The zero-order valence-corrected chi connectivity index (χ0v) is 15.1. The van der Waals surface area contributed by atoms with E-state index in [1.165, 1.54) is 11.0 Å². The molecule has 1 aromatic heterocycles. The molecule has 1 unspecified atom stereocenters. The predicted octanol–water partition coefficient (Wildman–Crippen LogP) is 4.17. The minimum absolute atomic E-state index is 0.224. The van der Waals surface area contributed by atoms with Crippen LogP contribution in [0.25, 0.3) is 0 Å². The highest BCUT2D eigenvalue weighted by atomic mass is 19.1. The van der Waals surface area contributed by atoms with Crippen molar-refractivity contribution in [3.8, 4) is 0 Å². The van der Waals surface area contributed by atoms with Crippen molar-refractivity contribution in [2.75, 3.05) is 18.1 Å². The fraction of sp³-hybridized carbons (Fsp3) is 0.667. The molecule has 1 saturated heterocycles. The summed E-state index contributed by atoms with van der Waals surface area (Å²) in [7, 11) is 0. The van der Waals surface area contributed by atoms with E-state index in [4.69, 9.17) is 9.47 Å². The molecule has 2 rings (SSSR count). The lowest BCUT2D eigenvalue weighted by Crippen LogP contribution is -2.44. The smallest absolute Gasteiger partial charge is 0.416 e. The molecule has 1 fully saturated rings. The lowest BCUT2D eigenvalue weighted by atomic mass is 9.88. The number of hydrogen-bond donors (Lipinski definition) is 0. The van der Waals surface area contributed by atoms with Gasteiger partial charge < -0.3 is 9.47 Å². The van der Waals surface area contributed by atoms with Gasteiger partial charge in [-0.3, -0.25) is 4.90 Å². The van der Waals surface area contributed by atoms with Gasteiger partial charge in [-0.25, -0.2) is 9.78 Å². The van der Waals surface area contributed by atoms with E-state index in [1.807, 2.05) is 13.8 Å². The van der Waals surface area contributed by atoms with E-state index < -0.39 is 17.6 Å². The van der Waals surface area contributed by atoms with E-state index in [2.05, 4.69) is 4.98 Å². The van der Waals surface area contributed by atoms with Crippen molar-refractivity contribution in [3.05, 3.63) is 24.1 Å². The number of rotatable bonds is 3. The number of amides is 1. The Balaban J connectivity index is 2.21. The van der Waals surface area contributed by atoms with Crippen LogP contribution >= 0.6 is 0 Å². The summed E-state index contributed by atoms with van der Waals surface area (Å²) in [6.45, 7) is 10.6. The standard InChI is InChI=1S/C18H27FN2O3/c1-17(2,3)24-16(22)21(15-8-6-7-14(19)20-15)12-13-9-10-23-18(4,5)11-13/h6-8,13H,9-12H2,1-5H3. The van der Waals surface area contributed by atoms with Gasteiger partial charge in [0, 0.05) is 13.2 Å². The number of carbonyl (C=O) groups excluding carboxylic acids is 1. The fourth-order valence-corrected chi connectivity index (χ4v) is 2.90. The summed E-state index contributed by atoms with van der Waals surface area (Å²) < 4.78 is 24.7. The Hall–Kier alpha value is -1.69. The van der Waals surface area contributed by atoms with Gasteiger partial charge in [-0.15, -0.1) is 0 Å². The zero-order chi connectivity index (χ0) is 18.0. The normalized spacial score (nSPS) is 20.5. The second-order valence-electron chi connectivity index (χ2n) is 7.88. The van der Waals surface area contributed by atoms with Crippen molar-refractivity contribution in [2.45, 2.75) is 58.7 Å². The minimum Gasteiger partial charge on any atom is -0.443 e. The summed E-state index contributed by atoms with van der Waals surface area (Å²) >= 11 is 0. The third-order valence-electron chi connectivity index (χ3n) is 3.83. The van der Waals surface area contributed by atoms with E-state index in [1.54, 1.807) is 32.9 Å². The van der Waals surface area contributed by atoms with Crippen LogP contribution in [0.2, 0.25) is 0 Å². The molecule has 0 radical (unpaired) electrons. The molecule has 1 amide bonds. The Kier molecular flexibility index (Phi) is 5.48. The number of aromatic nitrogens is 1. The molecule has 1 aliphatic heterocycles. The van der Waals surface area contributed by atoms with Crippen LogP contribution in [0.1, 0.15) is 47.5 Å².